The number of ether oxygens (including phenoxy) is 1. The lowest BCUT2D eigenvalue weighted by molar-refractivity contribution is 0.0704. The molecule has 2 aromatic rings. The van der Waals surface area contributed by atoms with E-state index in [0.717, 1.165) is 5.56 Å². The van der Waals surface area contributed by atoms with E-state index in [4.69, 9.17) is 4.74 Å². The van der Waals surface area contributed by atoms with Gasteiger partial charge < -0.3 is 15.2 Å². The number of para-hydroxylation sites is 1. The van der Waals surface area contributed by atoms with Crippen LogP contribution in [0.1, 0.15) is 31.9 Å². The van der Waals surface area contributed by atoms with Crippen molar-refractivity contribution in [1.82, 2.24) is 0 Å². The van der Waals surface area contributed by atoms with Gasteiger partial charge in [0.15, 0.2) is 5.76 Å². The molecule has 3 nitrogen and oxygen atoms in total. The minimum Gasteiger partial charge on any atom is -0.456 e. The first kappa shape index (κ1) is 16.5. The van der Waals surface area contributed by atoms with Crippen LogP contribution in [0.25, 0.3) is 6.08 Å². The molecule has 0 radical (unpaired) electrons. The number of halogens is 2. The maximum absolute atomic E-state index is 15.0. The first-order valence-electron chi connectivity index (χ1n) is 7.66. The van der Waals surface area contributed by atoms with Crippen LogP contribution in [0.4, 0.5) is 14.5 Å². The van der Waals surface area contributed by atoms with Gasteiger partial charge in [0.25, 0.3) is 0 Å². The SMILES string of the molecule is CC(C)(O)c1c(F)cccc1OC1=Cc2ccccc2N[C@@]1(C)F. The molecule has 3 rings (SSSR count). The largest absolute Gasteiger partial charge is 0.456 e. The summed E-state index contributed by atoms with van der Waals surface area (Å²) in [6.07, 6.45) is 1.57. The lowest BCUT2D eigenvalue weighted by Gasteiger charge is -2.32. The summed E-state index contributed by atoms with van der Waals surface area (Å²) in [5.74, 6) is -2.49. The Morgan fingerprint density at radius 2 is 1.83 bits per heavy atom. The van der Waals surface area contributed by atoms with Gasteiger partial charge in [-0.3, -0.25) is 0 Å². The van der Waals surface area contributed by atoms with E-state index in [0.29, 0.717) is 5.69 Å². The van der Waals surface area contributed by atoms with Crippen molar-refractivity contribution < 1.29 is 18.6 Å². The highest BCUT2D eigenvalue weighted by molar-refractivity contribution is 5.73. The van der Waals surface area contributed by atoms with Crippen molar-refractivity contribution in [3.63, 3.8) is 0 Å². The quantitative estimate of drug-likeness (QED) is 0.809. The molecule has 126 valence electrons. The Kier molecular flexibility index (Phi) is 3.84. The van der Waals surface area contributed by atoms with Crippen LogP contribution in [0.5, 0.6) is 5.75 Å². The lowest BCUT2D eigenvalue weighted by Crippen LogP contribution is -2.37. The second kappa shape index (κ2) is 5.60. The minimum absolute atomic E-state index is 0.00250. The first-order valence-corrected chi connectivity index (χ1v) is 7.66. The van der Waals surface area contributed by atoms with Crippen LogP contribution in [0.2, 0.25) is 0 Å². The van der Waals surface area contributed by atoms with E-state index in [-0.39, 0.29) is 17.1 Å². The Balaban J connectivity index is 2.06. The van der Waals surface area contributed by atoms with Crippen LogP contribution in [0, 0.1) is 5.82 Å². The van der Waals surface area contributed by atoms with E-state index in [1.54, 1.807) is 18.2 Å². The van der Waals surface area contributed by atoms with Gasteiger partial charge in [-0.1, -0.05) is 24.3 Å². The highest BCUT2D eigenvalue weighted by Gasteiger charge is 2.36. The first-order chi connectivity index (χ1) is 11.2. The Morgan fingerprint density at radius 3 is 2.54 bits per heavy atom. The fourth-order valence-corrected chi connectivity index (χ4v) is 2.75. The molecule has 0 aromatic heterocycles. The third kappa shape index (κ3) is 2.99. The number of aliphatic hydroxyl groups is 1. The molecule has 24 heavy (non-hydrogen) atoms. The molecular weight excluding hydrogens is 312 g/mol. The molecule has 5 heteroatoms. The van der Waals surface area contributed by atoms with Gasteiger partial charge >= 0.3 is 0 Å². The molecular formula is C19H19F2NO2. The second-order valence-electron chi connectivity index (χ2n) is 6.50. The maximum atomic E-state index is 15.0. The molecule has 0 bridgehead atoms. The van der Waals surface area contributed by atoms with Gasteiger partial charge in [-0.25, -0.2) is 8.78 Å². The van der Waals surface area contributed by atoms with Gasteiger partial charge in [-0.15, -0.1) is 0 Å². The number of hydrogen-bond donors (Lipinski definition) is 2. The van der Waals surface area contributed by atoms with Crippen LogP contribution in [0.3, 0.4) is 0 Å². The number of anilines is 1. The number of nitrogens with one attached hydrogen (secondary N) is 1. The monoisotopic (exact) mass is 331 g/mol. The summed E-state index contributed by atoms with van der Waals surface area (Å²) in [5.41, 5.74) is -0.0604. The van der Waals surface area contributed by atoms with Crippen LogP contribution in [-0.4, -0.2) is 10.9 Å². The normalized spacial score (nSPS) is 20.0. The number of hydrogen-bond acceptors (Lipinski definition) is 3. The lowest BCUT2D eigenvalue weighted by atomic mass is 9.96. The zero-order chi connectivity index (χ0) is 17.5. The third-order valence-electron chi connectivity index (χ3n) is 3.89. The van der Waals surface area contributed by atoms with Crippen LogP contribution in [0.15, 0.2) is 48.2 Å². The molecule has 1 aliphatic rings. The molecule has 0 unspecified atom stereocenters. The zero-order valence-corrected chi connectivity index (χ0v) is 13.7. The fraction of sp³-hybridized carbons (Fsp3) is 0.263. The minimum atomic E-state index is -1.96. The molecule has 1 aliphatic heterocycles. The summed E-state index contributed by atoms with van der Waals surface area (Å²) in [7, 11) is 0. The third-order valence-corrected chi connectivity index (χ3v) is 3.89. The molecule has 0 saturated heterocycles. The Bertz CT molecular complexity index is 807. The Hall–Kier alpha value is -2.40. The van der Waals surface area contributed by atoms with Crippen molar-refractivity contribution in [2.24, 2.45) is 0 Å². The van der Waals surface area contributed by atoms with Crippen molar-refractivity contribution in [3.05, 3.63) is 65.2 Å². The zero-order valence-electron chi connectivity index (χ0n) is 13.7. The predicted octanol–water partition coefficient (Wildman–Crippen LogP) is 4.58. The summed E-state index contributed by atoms with van der Waals surface area (Å²) in [4.78, 5) is 0. The van der Waals surface area contributed by atoms with Gasteiger partial charge in [-0.2, -0.15) is 0 Å². The van der Waals surface area contributed by atoms with Gasteiger partial charge in [0, 0.05) is 11.3 Å². The number of rotatable bonds is 3. The molecule has 1 atom stereocenters. The number of fused-ring (bicyclic) bond motifs is 1. The van der Waals surface area contributed by atoms with Crippen LogP contribution >= 0.6 is 0 Å². The maximum Gasteiger partial charge on any atom is 0.235 e. The highest BCUT2D eigenvalue weighted by atomic mass is 19.1. The summed E-state index contributed by atoms with van der Waals surface area (Å²) in [6, 6.07) is 11.4. The van der Waals surface area contributed by atoms with Gasteiger partial charge in [-0.05, 0) is 45.0 Å². The van der Waals surface area contributed by atoms with Crippen LogP contribution < -0.4 is 10.1 Å². The Labute approximate surface area is 139 Å². The van der Waals surface area contributed by atoms with Gasteiger partial charge in [0.05, 0.1) is 11.2 Å². The van der Waals surface area contributed by atoms with E-state index in [9.17, 15) is 13.9 Å². The fourth-order valence-electron chi connectivity index (χ4n) is 2.75. The van der Waals surface area contributed by atoms with Crippen molar-refractivity contribution in [2.45, 2.75) is 32.2 Å². The predicted molar refractivity (Wildman–Crippen MR) is 89.8 cm³/mol. The molecule has 0 fully saturated rings. The van der Waals surface area contributed by atoms with E-state index in [1.165, 1.54) is 39.0 Å². The van der Waals surface area contributed by atoms with Crippen molar-refractivity contribution in [3.8, 4) is 5.75 Å². The summed E-state index contributed by atoms with van der Waals surface area (Å²) in [5, 5.41) is 13.0. The van der Waals surface area contributed by atoms with E-state index < -0.39 is 17.2 Å². The molecule has 0 saturated carbocycles. The Morgan fingerprint density at radius 1 is 1.12 bits per heavy atom. The van der Waals surface area contributed by atoms with Crippen LogP contribution in [-0.2, 0) is 5.60 Å². The smallest absolute Gasteiger partial charge is 0.235 e. The molecule has 0 amide bonds. The highest BCUT2D eigenvalue weighted by Crippen LogP contribution is 2.39. The molecule has 2 N–H and O–H groups in total. The molecule has 1 heterocycles. The number of alkyl halides is 1. The molecule has 2 aromatic carbocycles. The molecule has 0 aliphatic carbocycles. The molecule has 0 spiro atoms. The van der Waals surface area contributed by atoms with Gasteiger partial charge in [0.2, 0.25) is 5.79 Å². The van der Waals surface area contributed by atoms with Gasteiger partial charge in [0.1, 0.15) is 11.6 Å². The standard InChI is InChI=1S/C19H19F2NO2/c1-18(2,23)17-13(20)8-6-10-15(17)24-16-11-12-7-4-5-9-14(12)22-19(16,3)21/h4-11,22-23H,1-3H3/t19-/m1/s1. The van der Waals surface area contributed by atoms with Crippen molar-refractivity contribution in [1.29, 1.82) is 0 Å². The van der Waals surface area contributed by atoms with E-state index >= 15 is 0 Å². The van der Waals surface area contributed by atoms with Crippen molar-refractivity contribution in [2.75, 3.05) is 5.32 Å². The average Bonchev–Trinajstić information content (AvgIpc) is 2.46. The topological polar surface area (TPSA) is 41.5 Å². The second-order valence-corrected chi connectivity index (χ2v) is 6.50. The number of benzene rings is 2. The van der Waals surface area contributed by atoms with Crippen molar-refractivity contribution >= 4 is 11.8 Å². The summed E-state index contributed by atoms with van der Waals surface area (Å²) >= 11 is 0. The summed E-state index contributed by atoms with van der Waals surface area (Å²) < 4.78 is 34.8. The van der Waals surface area contributed by atoms with E-state index in [1.807, 2.05) is 12.1 Å². The summed E-state index contributed by atoms with van der Waals surface area (Å²) in [6.45, 7) is 4.24. The van der Waals surface area contributed by atoms with E-state index in [2.05, 4.69) is 5.32 Å². The average molecular weight is 331 g/mol.